The predicted octanol–water partition coefficient (Wildman–Crippen LogP) is 1.33. The Morgan fingerprint density at radius 1 is 1.30 bits per heavy atom. The van der Waals surface area contributed by atoms with Crippen LogP contribution in [-0.4, -0.2) is 24.4 Å². The summed E-state index contributed by atoms with van der Waals surface area (Å²) in [6.45, 7) is 1.74. The number of rotatable bonds is 2. The van der Waals surface area contributed by atoms with Crippen molar-refractivity contribution >= 4 is 16.9 Å². The summed E-state index contributed by atoms with van der Waals surface area (Å²) in [7, 11) is 0. The number of nitro groups is 1. The fourth-order valence-electron chi connectivity index (χ4n) is 2.07. The van der Waals surface area contributed by atoms with Gasteiger partial charge in [0.25, 0.3) is 11.2 Å². The highest BCUT2D eigenvalue weighted by Crippen LogP contribution is 2.19. The fourth-order valence-corrected chi connectivity index (χ4v) is 2.07. The Hall–Kier alpha value is -3.03. The molecule has 0 spiro atoms. The number of hydrogen-bond donors (Lipinski definition) is 1. The number of aromatic nitrogens is 4. The summed E-state index contributed by atoms with van der Waals surface area (Å²) >= 11 is 0. The standard InChI is InChI=1S/C12H9N5O3/c1-7-15-11-10(12(18)14-6-13-11)16(7)8-2-4-9(5-3-8)17(19)20/h2-6H,1H3,(H,13,14,18). The molecule has 8 nitrogen and oxygen atoms in total. The molecule has 0 aliphatic rings. The van der Waals surface area contributed by atoms with Crippen LogP contribution in [0, 0.1) is 17.0 Å². The zero-order valence-electron chi connectivity index (χ0n) is 10.4. The van der Waals surface area contributed by atoms with Gasteiger partial charge in [-0.2, -0.15) is 0 Å². The third-order valence-corrected chi connectivity index (χ3v) is 2.94. The van der Waals surface area contributed by atoms with Crippen molar-refractivity contribution in [2.45, 2.75) is 6.92 Å². The van der Waals surface area contributed by atoms with Gasteiger partial charge in [-0.1, -0.05) is 0 Å². The fraction of sp³-hybridized carbons (Fsp3) is 0.0833. The van der Waals surface area contributed by atoms with Gasteiger partial charge in [-0.25, -0.2) is 9.97 Å². The lowest BCUT2D eigenvalue weighted by Gasteiger charge is -2.05. The molecule has 20 heavy (non-hydrogen) atoms. The van der Waals surface area contributed by atoms with Gasteiger partial charge in [0, 0.05) is 17.8 Å². The van der Waals surface area contributed by atoms with Crippen molar-refractivity contribution in [2.75, 3.05) is 0 Å². The van der Waals surface area contributed by atoms with Crippen molar-refractivity contribution in [3.05, 3.63) is 56.9 Å². The summed E-state index contributed by atoms with van der Waals surface area (Å²) in [5.41, 5.74) is 0.953. The molecule has 0 radical (unpaired) electrons. The van der Waals surface area contributed by atoms with Gasteiger partial charge in [0.15, 0.2) is 11.2 Å². The molecule has 0 aliphatic carbocycles. The minimum Gasteiger partial charge on any atom is -0.311 e. The molecule has 3 rings (SSSR count). The van der Waals surface area contributed by atoms with Crippen LogP contribution in [0.15, 0.2) is 35.4 Å². The number of aryl methyl sites for hydroxylation is 1. The first-order valence-corrected chi connectivity index (χ1v) is 5.75. The second kappa shape index (κ2) is 4.26. The Kier molecular flexibility index (Phi) is 2.56. The van der Waals surface area contributed by atoms with Crippen molar-refractivity contribution in [3.63, 3.8) is 0 Å². The van der Waals surface area contributed by atoms with E-state index in [1.807, 2.05) is 0 Å². The second-order valence-corrected chi connectivity index (χ2v) is 4.17. The van der Waals surface area contributed by atoms with Crippen molar-refractivity contribution < 1.29 is 4.92 Å². The number of nitro benzene ring substituents is 1. The van der Waals surface area contributed by atoms with E-state index in [1.54, 1.807) is 23.6 Å². The molecule has 0 aliphatic heterocycles. The molecular formula is C12H9N5O3. The van der Waals surface area contributed by atoms with Crippen LogP contribution >= 0.6 is 0 Å². The van der Waals surface area contributed by atoms with E-state index in [-0.39, 0.29) is 11.2 Å². The minimum atomic E-state index is -0.475. The molecule has 0 saturated carbocycles. The molecule has 2 aromatic heterocycles. The van der Waals surface area contributed by atoms with Gasteiger partial charge >= 0.3 is 0 Å². The summed E-state index contributed by atoms with van der Waals surface area (Å²) in [6.07, 6.45) is 1.29. The zero-order valence-corrected chi connectivity index (χ0v) is 10.4. The Morgan fingerprint density at radius 3 is 2.65 bits per heavy atom. The number of non-ortho nitro benzene ring substituents is 1. The average Bonchev–Trinajstić information content (AvgIpc) is 2.76. The molecule has 3 aromatic rings. The van der Waals surface area contributed by atoms with Crippen molar-refractivity contribution in [2.24, 2.45) is 0 Å². The molecule has 1 aromatic carbocycles. The van der Waals surface area contributed by atoms with Gasteiger partial charge in [0.05, 0.1) is 11.3 Å². The Labute approximate surface area is 111 Å². The van der Waals surface area contributed by atoms with Crippen LogP contribution in [0.3, 0.4) is 0 Å². The third-order valence-electron chi connectivity index (χ3n) is 2.94. The maximum absolute atomic E-state index is 11.9. The highest BCUT2D eigenvalue weighted by atomic mass is 16.6. The zero-order chi connectivity index (χ0) is 14.3. The number of hydrogen-bond acceptors (Lipinski definition) is 5. The topological polar surface area (TPSA) is 107 Å². The van der Waals surface area contributed by atoms with Gasteiger partial charge in [-0.05, 0) is 19.1 Å². The van der Waals surface area contributed by atoms with Crippen molar-refractivity contribution in [3.8, 4) is 5.69 Å². The highest BCUT2D eigenvalue weighted by Gasteiger charge is 2.14. The van der Waals surface area contributed by atoms with E-state index in [0.29, 0.717) is 22.7 Å². The number of nitrogens with one attached hydrogen (secondary N) is 1. The van der Waals surface area contributed by atoms with Crippen LogP contribution in [-0.2, 0) is 0 Å². The highest BCUT2D eigenvalue weighted by molar-refractivity contribution is 5.73. The molecule has 8 heteroatoms. The average molecular weight is 271 g/mol. The number of fused-ring (bicyclic) bond motifs is 1. The summed E-state index contributed by atoms with van der Waals surface area (Å²) < 4.78 is 1.62. The van der Waals surface area contributed by atoms with Crippen molar-refractivity contribution in [1.29, 1.82) is 0 Å². The van der Waals surface area contributed by atoms with Crippen LogP contribution < -0.4 is 5.56 Å². The van der Waals surface area contributed by atoms with E-state index >= 15 is 0 Å². The minimum absolute atomic E-state index is 0.0112. The predicted molar refractivity (Wildman–Crippen MR) is 70.9 cm³/mol. The van der Waals surface area contributed by atoms with Crippen LogP contribution in [0.1, 0.15) is 5.82 Å². The monoisotopic (exact) mass is 271 g/mol. The van der Waals surface area contributed by atoms with Crippen LogP contribution in [0.25, 0.3) is 16.9 Å². The SMILES string of the molecule is Cc1nc2nc[nH]c(=O)c2n1-c1ccc([N+](=O)[O-])cc1. The maximum atomic E-state index is 11.9. The smallest absolute Gasteiger partial charge is 0.277 e. The Balaban J connectivity index is 2.26. The first-order chi connectivity index (χ1) is 9.58. The van der Waals surface area contributed by atoms with Gasteiger partial charge < -0.3 is 4.98 Å². The van der Waals surface area contributed by atoms with Crippen molar-refractivity contribution in [1.82, 2.24) is 19.5 Å². The lowest BCUT2D eigenvalue weighted by Crippen LogP contribution is -2.11. The van der Waals surface area contributed by atoms with E-state index < -0.39 is 4.92 Å². The van der Waals surface area contributed by atoms with E-state index in [9.17, 15) is 14.9 Å². The summed E-state index contributed by atoms with van der Waals surface area (Å²) in [4.78, 5) is 32.8. The number of nitrogens with zero attached hydrogens (tertiary/aromatic N) is 4. The van der Waals surface area contributed by atoms with E-state index in [2.05, 4.69) is 15.0 Å². The normalized spacial score (nSPS) is 10.8. The molecular weight excluding hydrogens is 262 g/mol. The van der Waals surface area contributed by atoms with E-state index in [4.69, 9.17) is 0 Å². The molecule has 100 valence electrons. The van der Waals surface area contributed by atoms with Gasteiger partial charge in [0.1, 0.15) is 5.82 Å². The molecule has 1 N–H and O–H groups in total. The van der Waals surface area contributed by atoms with Crippen LogP contribution in [0.2, 0.25) is 0 Å². The lowest BCUT2D eigenvalue weighted by molar-refractivity contribution is -0.384. The Morgan fingerprint density at radius 2 is 2.00 bits per heavy atom. The first-order valence-electron chi connectivity index (χ1n) is 5.75. The number of imidazole rings is 1. The lowest BCUT2D eigenvalue weighted by atomic mass is 10.2. The molecule has 0 fully saturated rings. The Bertz CT molecular complexity index is 863. The summed E-state index contributed by atoms with van der Waals surface area (Å²) in [6, 6.07) is 5.90. The third kappa shape index (κ3) is 1.74. The molecule has 0 atom stereocenters. The second-order valence-electron chi connectivity index (χ2n) is 4.17. The molecule has 0 saturated heterocycles. The first kappa shape index (κ1) is 12.0. The number of aromatic amines is 1. The molecule has 0 amide bonds. The van der Waals surface area contributed by atoms with Gasteiger partial charge in [0.2, 0.25) is 0 Å². The van der Waals surface area contributed by atoms with Gasteiger partial charge in [-0.3, -0.25) is 19.5 Å². The van der Waals surface area contributed by atoms with E-state index in [1.165, 1.54) is 18.5 Å². The summed E-state index contributed by atoms with van der Waals surface area (Å²) in [5.74, 6) is 0.582. The van der Waals surface area contributed by atoms with Crippen LogP contribution in [0.5, 0.6) is 0 Å². The summed E-state index contributed by atoms with van der Waals surface area (Å²) in [5, 5.41) is 10.7. The number of H-pyrrole nitrogens is 1. The molecule has 0 unspecified atom stereocenters. The van der Waals surface area contributed by atoms with E-state index in [0.717, 1.165) is 0 Å². The molecule has 2 heterocycles. The maximum Gasteiger partial charge on any atom is 0.277 e. The number of benzene rings is 1. The quantitative estimate of drug-likeness (QED) is 0.558. The largest absolute Gasteiger partial charge is 0.311 e. The van der Waals surface area contributed by atoms with Gasteiger partial charge in [-0.15, -0.1) is 0 Å². The van der Waals surface area contributed by atoms with Crippen LogP contribution in [0.4, 0.5) is 5.69 Å². The molecule has 0 bridgehead atoms.